The molecule has 1 N–H and O–H groups in total. The lowest BCUT2D eigenvalue weighted by Gasteiger charge is -2.32. The van der Waals surface area contributed by atoms with Crippen LogP contribution in [0.1, 0.15) is 65.2 Å². The molecule has 110 valence electrons. The lowest BCUT2D eigenvalue weighted by molar-refractivity contribution is -0.161. The van der Waals surface area contributed by atoms with Crippen LogP contribution in [0, 0.1) is 17.8 Å². The first-order chi connectivity index (χ1) is 9.08. The third-order valence-corrected chi connectivity index (χ3v) is 4.98. The van der Waals surface area contributed by atoms with Gasteiger partial charge in [0.1, 0.15) is 6.10 Å². The van der Waals surface area contributed by atoms with Gasteiger partial charge in [0.05, 0.1) is 12.0 Å². The van der Waals surface area contributed by atoms with Gasteiger partial charge in [0.15, 0.2) is 0 Å². The molecule has 2 atom stereocenters. The van der Waals surface area contributed by atoms with Crippen LogP contribution in [0.4, 0.5) is 0 Å². The van der Waals surface area contributed by atoms with E-state index in [-0.39, 0.29) is 18.0 Å². The predicted molar refractivity (Wildman–Crippen MR) is 74.6 cm³/mol. The molecule has 2 aliphatic rings. The van der Waals surface area contributed by atoms with Crippen molar-refractivity contribution in [2.75, 3.05) is 0 Å². The lowest BCUT2D eigenvalue weighted by atomic mass is 9.80. The summed E-state index contributed by atoms with van der Waals surface area (Å²) in [5.41, 5.74) is 0. The molecular formula is C16H28O3. The summed E-state index contributed by atoms with van der Waals surface area (Å²) in [6.45, 7) is 4.55. The Morgan fingerprint density at radius 1 is 1.05 bits per heavy atom. The first kappa shape index (κ1) is 14.8. The van der Waals surface area contributed by atoms with Gasteiger partial charge in [-0.2, -0.15) is 0 Å². The first-order valence-corrected chi connectivity index (χ1v) is 7.96. The second-order valence-electron chi connectivity index (χ2n) is 6.68. The molecule has 0 aliphatic heterocycles. The topological polar surface area (TPSA) is 46.5 Å². The van der Waals surface area contributed by atoms with Crippen molar-refractivity contribution in [3.8, 4) is 0 Å². The van der Waals surface area contributed by atoms with Gasteiger partial charge < -0.3 is 9.84 Å². The van der Waals surface area contributed by atoms with Crippen molar-refractivity contribution in [1.29, 1.82) is 0 Å². The molecule has 0 aromatic heterocycles. The molecule has 0 radical (unpaired) electrons. The number of ether oxygens (including phenoxy) is 1. The molecule has 2 saturated carbocycles. The van der Waals surface area contributed by atoms with Crippen LogP contribution in [0.25, 0.3) is 0 Å². The minimum atomic E-state index is -0.478. The van der Waals surface area contributed by atoms with Crippen LogP contribution in [0.3, 0.4) is 0 Å². The second-order valence-corrected chi connectivity index (χ2v) is 6.68. The summed E-state index contributed by atoms with van der Waals surface area (Å²) in [4.78, 5) is 12.1. The molecule has 0 aromatic carbocycles. The third kappa shape index (κ3) is 3.95. The molecule has 0 spiro atoms. The van der Waals surface area contributed by atoms with Gasteiger partial charge in [-0.05, 0) is 50.4 Å². The van der Waals surface area contributed by atoms with E-state index in [4.69, 9.17) is 4.74 Å². The molecule has 2 rings (SSSR count). The Balaban J connectivity index is 1.77. The molecule has 2 unspecified atom stereocenters. The highest BCUT2D eigenvalue weighted by molar-refractivity contribution is 5.73. The summed E-state index contributed by atoms with van der Waals surface area (Å²) in [5, 5.41) is 9.88. The Morgan fingerprint density at radius 2 is 1.68 bits per heavy atom. The molecule has 3 heteroatoms. The highest BCUT2D eigenvalue weighted by atomic mass is 16.5. The maximum absolute atomic E-state index is 12.1. The van der Waals surface area contributed by atoms with Crippen LogP contribution in [0.2, 0.25) is 0 Å². The Labute approximate surface area is 116 Å². The number of carbonyl (C=O) groups excluding carboxylic acids is 1. The second kappa shape index (κ2) is 6.74. The number of aliphatic hydroxyl groups is 1. The monoisotopic (exact) mass is 268 g/mol. The zero-order valence-corrected chi connectivity index (χ0v) is 12.3. The van der Waals surface area contributed by atoms with Gasteiger partial charge in [-0.25, -0.2) is 0 Å². The summed E-state index contributed by atoms with van der Waals surface area (Å²) in [6, 6.07) is 0. The van der Waals surface area contributed by atoms with Crippen molar-refractivity contribution in [3.05, 3.63) is 0 Å². The average molecular weight is 268 g/mol. The lowest BCUT2D eigenvalue weighted by Crippen LogP contribution is -2.36. The van der Waals surface area contributed by atoms with E-state index in [0.717, 1.165) is 50.4 Å². The number of aliphatic hydroxyl groups excluding tert-OH is 1. The first-order valence-electron chi connectivity index (χ1n) is 7.96. The molecule has 0 bridgehead atoms. The number of esters is 1. The fraction of sp³-hybridized carbons (Fsp3) is 0.938. The SMILES string of the molecule is CC(C)C1CCC(OC(=O)C2CCCCC2O)CC1. The largest absolute Gasteiger partial charge is 0.462 e. The maximum Gasteiger partial charge on any atom is 0.311 e. The van der Waals surface area contributed by atoms with E-state index in [2.05, 4.69) is 13.8 Å². The van der Waals surface area contributed by atoms with E-state index in [9.17, 15) is 9.90 Å². The van der Waals surface area contributed by atoms with Crippen LogP contribution < -0.4 is 0 Å². The number of hydrogen-bond acceptors (Lipinski definition) is 3. The van der Waals surface area contributed by atoms with Crippen LogP contribution in [-0.2, 0) is 9.53 Å². The molecule has 0 aromatic rings. The molecule has 0 heterocycles. The molecule has 19 heavy (non-hydrogen) atoms. The smallest absolute Gasteiger partial charge is 0.311 e. The van der Waals surface area contributed by atoms with E-state index in [1.807, 2.05) is 0 Å². The third-order valence-electron chi connectivity index (χ3n) is 4.98. The molecule has 2 aliphatic carbocycles. The molecule has 0 amide bonds. The van der Waals surface area contributed by atoms with Gasteiger partial charge in [-0.15, -0.1) is 0 Å². The number of hydrogen-bond donors (Lipinski definition) is 1. The number of carbonyl (C=O) groups is 1. The average Bonchev–Trinajstić information content (AvgIpc) is 2.39. The van der Waals surface area contributed by atoms with Crippen molar-refractivity contribution in [2.45, 2.75) is 77.4 Å². The van der Waals surface area contributed by atoms with Crippen molar-refractivity contribution < 1.29 is 14.6 Å². The Hall–Kier alpha value is -0.570. The van der Waals surface area contributed by atoms with Crippen molar-refractivity contribution in [2.24, 2.45) is 17.8 Å². The Kier molecular flexibility index (Phi) is 5.26. The molecule has 3 nitrogen and oxygen atoms in total. The van der Waals surface area contributed by atoms with Gasteiger partial charge in [0.25, 0.3) is 0 Å². The normalized spacial score (nSPS) is 36.2. The predicted octanol–water partition coefficient (Wildman–Crippen LogP) is 3.30. The fourth-order valence-corrected chi connectivity index (χ4v) is 3.51. The summed E-state index contributed by atoms with van der Waals surface area (Å²) in [7, 11) is 0. The van der Waals surface area contributed by atoms with Gasteiger partial charge in [0, 0.05) is 0 Å². The highest BCUT2D eigenvalue weighted by Crippen LogP contribution is 2.32. The van der Waals surface area contributed by atoms with Crippen LogP contribution >= 0.6 is 0 Å². The molecule has 0 saturated heterocycles. The zero-order valence-electron chi connectivity index (χ0n) is 12.3. The minimum Gasteiger partial charge on any atom is -0.462 e. The maximum atomic E-state index is 12.1. The summed E-state index contributed by atoms with van der Waals surface area (Å²) in [6.07, 6.45) is 7.56. The Morgan fingerprint density at radius 3 is 2.26 bits per heavy atom. The summed E-state index contributed by atoms with van der Waals surface area (Å²) >= 11 is 0. The summed E-state index contributed by atoms with van der Waals surface area (Å²) < 4.78 is 5.63. The van der Waals surface area contributed by atoms with Crippen LogP contribution in [0.5, 0.6) is 0 Å². The van der Waals surface area contributed by atoms with Gasteiger partial charge >= 0.3 is 5.97 Å². The van der Waals surface area contributed by atoms with Crippen LogP contribution in [0.15, 0.2) is 0 Å². The van der Waals surface area contributed by atoms with Gasteiger partial charge in [0.2, 0.25) is 0 Å². The summed E-state index contributed by atoms with van der Waals surface area (Å²) in [5.74, 6) is 1.10. The van der Waals surface area contributed by atoms with Gasteiger partial charge in [-0.3, -0.25) is 4.79 Å². The fourth-order valence-electron chi connectivity index (χ4n) is 3.51. The van der Waals surface area contributed by atoms with E-state index < -0.39 is 6.10 Å². The standard InChI is InChI=1S/C16H28O3/c1-11(2)12-7-9-13(10-8-12)19-16(18)14-5-3-4-6-15(14)17/h11-15,17H,3-10H2,1-2H3. The minimum absolute atomic E-state index is 0.0941. The van der Waals surface area contributed by atoms with Gasteiger partial charge in [-0.1, -0.05) is 26.7 Å². The van der Waals surface area contributed by atoms with E-state index in [1.165, 1.54) is 12.8 Å². The van der Waals surface area contributed by atoms with E-state index in [1.54, 1.807) is 0 Å². The van der Waals surface area contributed by atoms with Crippen molar-refractivity contribution in [1.82, 2.24) is 0 Å². The Bertz CT molecular complexity index is 292. The van der Waals surface area contributed by atoms with Crippen molar-refractivity contribution in [3.63, 3.8) is 0 Å². The zero-order chi connectivity index (χ0) is 13.8. The van der Waals surface area contributed by atoms with E-state index in [0.29, 0.717) is 0 Å². The highest BCUT2D eigenvalue weighted by Gasteiger charge is 2.33. The molecular weight excluding hydrogens is 240 g/mol. The van der Waals surface area contributed by atoms with Crippen molar-refractivity contribution >= 4 is 5.97 Å². The van der Waals surface area contributed by atoms with E-state index >= 15 is 0 Å². The number of rotatable bonds is 3. The van der Waals surface area contributed by atoms with Crippen LogP contribution in [-0.4, -0.2) is 23.3 Å². The quantitative estimate of drug-likeness (QED) is 0.799. The molecule has 2 fully saturated rings.